The summed E-state index contributed by atoms with van der Waals surface area (Å²) in [6.45, 7) is 6.00. The topological polar surface area (TPSA) is 50.5 Å². The summed E-state index contributed by atoms with van der Waals surface area (Å²) in [6.07, 6.45) is 3.78. The first-order valence-electron chi connectivity index (χ1n) is 6.28. The van der Waals surface area contributed by atoms with E-state index in [1.54, 1.807) is 7.11 Å². The Labute approximate surface area is 99.5 Å². The Balaban J connectivity index is 2.48. The molecular weight excluding hydrogens is 202 g/mol. The molecule has 1 rings (SSSR count). The molecule has 0 aliphatic carbocycles. The van der Waals surface area contributed by atoms with Crippen LogP contribution in [0.25, 0.3) is 0 Å². The number of nitrogens with zero attached hydrogens (tertiary/aromatic N) is 1. The second-order valence-electron chi connectivity index (χ2n) is 5.07. The Kier molecular flexibility index (Phi) is 5.69. The van der Waals surface area contributed by atoms with Gasteiger partial charge in [-0.25, -0.2) is 0 Å². The Morgan fingerprint density at radius 2 is 2.19 bits per heavy atom. The van der Waals surface area contributed by atoms with Crippen LogP contribution in [-0.2, 0) is 4.74 Å². The molecule has 96 valence electrons. The van der Waals surface area contributed by atoms with E-state index in [1.165, 1.54) is 19.4 Å². The molecule has 0 radical (unpaired) electrons. The number of ether oxygens (including phenoxy) is 1. The van der Waals surface area contributed by atoms with Crippen molar-refractivity contribution in [2.24, 2.45) is 5.73 Å². The fraction of sp³-hybridized carbons (Fsp3) is 1.00. The summed E-state index contributed by atoms with van der Waals surface area (Å²) in [5, 5.41) is 3.62. The van der Waals surface area contributed by atoms with Crippen molar-refractivity contribution in [3.63, 3.8) is 0 Å². The van der Waals surface area contributed by atoms with Gasteiger partial charge < -0.3 is 20.7 Å². The Morgan fingerprint density at radius 3 is 2.81 bits per heavy atom. The minimum atomic E-state index is 0.123. The highest BCUT2D eigenvalue weighted by Crippen LogP contribution is 2.20. The van der Waals surface area contributed by atoms with E-state index >= 15 is 0 Å². The second kappa shape index (κ2) is 6.55. The number of rotatable bonds is 5. The van der Waals surface area contributed by atoms with E-state index in [2.05, 4.69) is 24.2 Å². The maximum atomic E-state index is 5.96. The summed E-state index contributed by atoms with van der Waals surface area (Å²) in [7, 11) is 3.94. The average Bonchev–Trinajstić information content (AvgIpc) is 2.49. The van der Waals surface area contributed by atoms with Crippen molar-refractivity contribution < 1.29 is 4.74 Å². The van der Waals surface area contributed by atoms with E-state index < -0.39 is 0 Å². The van der Waals surface area contributed by atoms with Crippen molar-refractivity contribution >= 4 is 0 Å². The number of nitrogens with one attached hydrogen (secondary N) is 1. The molecule has 3 N–H and O–H groups in total. The Morgan fingerprint density at radius 1 is 1.44 bits per heavy atom. The van der Waals surface area contributed by atoms with Gasteiger partial charge in [0.05, 0.1) is 6.10 Å². The Bertz CT molecular complexity index is 201. The molecule has 1 saturated heterocycles. The van der Waals surface area contributed by atoms with E-state index in [4.69, 9.17) is 10.5 Å². The predicted octanol–water partition coefficient (Wildman–Crippen LogP) is 0.424. The molecule has 2 atom stereocenters. The molecular formula is C12H27N3O. The summed E-state index contributed by atoms with van der Waals surface area (Å²) in [6, 6.07) is 0. The first kappa shape index (κ1) is 13.9. The van der Waals surface area contributed by atoms with Crippen LogP contribution in [0.1, 0.15) is 26.2 Å². The van der Waals surface area contributed by atoms with Gasteiger partial charge in [-0.3, -0.25) is 0 Å². The van der Waals surface area contributed by atoms with Crippen molar-refractivity contribution in [3.05, 3.63) is 0 Å². The summed E-state index contributed by atoms with van der Waals surface area (Å²) in [4.78, 5) is 2.39. The first-order valence-corrected chi connectivity index (χ1v) is 6.28. The quantitative estimate of drug-likeness (QED) is 0.717. The third-order valence-electron chi connectivity index (χ3n) is 3.72. The predicted molar refractivity (Wildman–Crippen MR) is 67.6 cm³/mol. The number of likely N-dealkylation sites (tertiary alicyclic amines) is 1. The van der Waals surface area contributed by atoms with Gasteiger partial charge in [0.2, 0.25) is 0 Å². The van der Waals surface area contributed by atoms with Gasteiger partial charge >= 0.3 is 0 Å². The molecule has 0 aromatic heterocycles. The highest BCUT2D eigenvalue weighted by molar-refractivity contribution is 4.92. The third-order valence-corrected chi connectivity index (χ3v) is 3.72. The fourth-order valence-corrected chi connectivity index (χ4v) is 2.23. The lowest BCUT2D eigenvalue weighted by Gasteiger charge is -2.33. The first-order chi connectivity index (χ1) is 7.62. The van der Waals surface area contributed by atoms with Crippen molar-refractivity contribution in [3.8, 4) is 0 Å². The SMILES string of the molecule is COC(C)CNC1(CN)CCCN(C)CC1. The summed E-state index contributed by atoms with van der Waals surface area (Å²) < 4.78 is 5.27. The highest BCUT2D eigenvalue weighted by atomic mass is 16.5. The fourth-order valence-electron chi connectivity index (χ4n) is 2.23. The molecule has 4 nitrogen and oxygen atoms in total. The zero-order valence-electron chi connectivity index (χ0n) is 11.0. The van der Waals surface area contributed by atoms with Crippen molar-refractivity contribution in [1.29, 1.82) is 0 Å². The van der Waals surface area contributed by atoms with Crippen molar-refractivity contribution in [1.82, 2.24) is 10.2 Å². The molecule has 1 fully saturated rings. The van der Waals surface area contributed by atoms with Crippen LogP contribution in [0.15, 0.2) is 0 Å². The van der Waals surface area contributed by atoms with Crippen LogP contribution in [0.3, 0.4) is 0 Å². The normalized spacial score (nSPS) is 30.0. The maximum Gasteiger partial charge on any atom is 0.0667 e. The molecule has 0 amide bonds. The smallest absolute Gasteiger partial charge is 0.0667 e. The minimum absolute atomic E-state index is 0.123. The number of hydrogen-bond donors (Lipinski definition) is 2. The third kappa shape index (κ3) is 4.01. The van der Waals surface area contributed by atoms with E-state index in [0.717, 1.165) is 26.1 Å². The molecule has 4 heteroatoms. The molecule has 0 bridgehead atoms. The summed E-state index contributed by atoms with van der Waals surface area (Å²) in [5.74, 6) is 0. The van der Waals surface area contributed by atoms with E-state index in [0.29, 0.717) is 0 Å². The van der Waals surface area contributed by atoms with E-state index in [9.17, 15) is 0 Å². The molecule has 1 heterocycles. The summed E-state index contributed by atoms with van der Waals surface area (Å²) >= 11 is 0. The van der Waals surface area contributed by atoms with Crippen LogP contribution in [0.4, 0.5) is 0 Å². The average molecular weight is 229 g/mol. The highest BCUT2D eigenvalue weighted by Gasteiger charge is 2.30. The number of methoxy groups -OCH3 is 1. The molecule has 1 aliphatic rings. The van der Waals surface area contributed by atoms with Gasteiger partial charge in [0, 0.05) is 25.7 Å². The van der Waals surface area contributed by atoms with Gasteiger partial charge in [-0.2, -0.15) is 0 Å². The van der Waals surface area contributed by atoms with E-state index in [1.807, 2.05) is 0 Å². The van der Waals surface area contributed by atoms with Gasteiger partial charge in [-0.1, -0.05) is 0 Å². The lowest BCUT2D eigenvalue weighted by molar-refractivity contribution is 0.105. The minimum Gasteiger partial charge on any atom is -0.380 e. The van der Waals surface area contributed by atoms with Crippen molar-refractivity contribution in [2.75, 3.05) is 40.3 Å². The maximum absolute atomic E-state index is 5.96. The van der Waals surface area contributed by atoms with Gasteiger partial charge in [-0.05, 0) is 46.3 Å². The van der Waals surface area contributed by atoms with Crippen LogP contribution >= 0.6 is 0 Å². The largest absolute Gasteiger partial charge is 0.380 e. The van der Waals surface area contributed by atoms with Gasteiger partial charge in [0.25, 0.3) is 0 Å². The number of nitrogens with two attached hydrogens (primary N) is 1. The molecule has 0 saturated carbocycles. The second-order valence-corrected chi connectivity index (χ2v) is 5.07. The van der Waals surface area contributed by atoms with Crippen LogP contribution in [-0.4, -0.2) is 56.9 Å². The van der Waals surface area contributed by atoms with E-state index in [-0.39, 0.29) is 11.6 Å². The molecule has 16 heavy (non-hydrogen) atoms. The monoisotopic (exact) mass is 229 g/mol. The van der Waals surface area contributed by atoms with Crippen LogP contribution in [0.5, 0.6) is 0 Å². The van der Waals surface area contributed by atoms with Gasteiger partial charge in [-0.15, -0.1) is 0 Å². The molecule has 0 aromatic rings. The molecule has 2 unspecified atom stereocenters. The zero-order valence-corrected chi connectivity index (χ0v) is 11.0. The van der Waals surface area contributed by atoms with Crippen molar-refractivity contribution in [2.45, 2.75) is 37.8 Å². The lowest BCUT2D eigenvalue weighted by Crippen LogP contribution is -2.53. The molecule has 1 aliphatic heterocycles. The standard InChI is InChI=1S/C12H27N3O/c1-11(16-3)9-14-12(10-13)5-4-7-15(2)8-6-12/h11,14H,4-10,13H2,1-3H3. The van der Waals surface area contributed by atoms with Crippen LogP contribution in [0, 0.1) is 0 Å². The van der Waals surface area contributed by atoms with Crippen LogP contribution < -0.4 is 11.1 Å². The number of hydrogen-bond acceptors (Lipinski definition) is 4. The van der Waals surface area contributed by atoms with Crippen LogP contribution in [0.2, 0.25) is 0 Å². The lowest BCUT2D eigenvalue weighted by atomic mass is 9.90. The summed E-state index contributed by atoms with van der Waals surface area (Å²) in [5.41, 5.74) is 6.08. The van der Waals surface area contributed by atoms with Gasteiger partial charge in [0.1, 0.15) is 0 Å². The molecule has 0 aromatic carbocycles. The molecule has 0 spiro atoms. The van der Waals surface area contributed by atoms with Gasteiger partial charge in [0.15, 0.2) is 0 Å². The Hall–Kier alpha value is -0.160. The zero-order chi connectivity index (χ0) is 12.0.